The van der Waals surface area contributed by atoms with Gasteiger partial charge in [0.05, 0.1) is 11.0 Å². The molecule has 2 N–H and O–H groups in total. The van der Waals surface area contributed by atoms with Gasteiger partial charge < -0.3 is 10.3 Å². The highest BCUT2D eigenvalue weighted by atomic mass is 15.2. The molecular formula is C16H23N3. The lowest BCUT2D eigenvalue weighted by Gasteiger charge is -2.36. The third-order valence-corrected chi connectivity index (χ3v) is 4.48. The molecule has 3 rings (SSSR count). The van der Waals surface area contributed by atoms with Crippen LogP contribution >= 0.6 is 0 Å². The molecule has 19 heavy (non-hydrogen) atoms. The molecule has 0 radical (unpaired) electrons. The van der Waals surface area contributed by atoms with Crippen LogP contribution in [0.2, 0.25) is 0 Å². The summed E-state index contributed by atoms with van der Waals surface area (Å²) in [7, 11) is 0. The fraction of sp³-hybridized carbons (Fsp3) is 0.562. The summed E-state index contributed by atoms with van der Waals surface area (Å²) in [4.78, 5) is 4.54. The van der Waals surface area contributed by atoms with E-state index in [1.807, 2.05) is 0 Å². The zero-order chi connectivity index (χ0) is 13.6. The highest BCUT2D eigenvalue weighted by Crippen LogP contribution is 2.43. The fourth-order valence-corrected chi connectivity index (χ4v) is 3.59. The molecule has 1 unspecified atom stereocenters. The van der Waals surface area contributed by atoms with Gasteiger partial charge in [0.1, 0.15) is 0 Å². The molecule has 2 aromatic rings. The van der Waals surface area contributed by atoms with Crippen LogP contribution in [0.25, 0.3) is 11.0 Å². The van der Waals surface area contributed by atoms with Gasteiger partial charge in [-0.1, -0.05) is 32.4 Å². The fourth-order valence-electron chi connectivity index (χ4n) is 3.59. The lowest BCUT2D eigenvalue weighted by atomic mass is 9.75. The summed E-state index contributed by atoms with van der Waals surface area (Å²) in [6.07, 6.45) is 5.00. The number of para-hydroxylation sites is 1. The lowest BCUT2D eigenvalue weighted by Crippen LogP contribution is -2.25. The van der Waals surface area contributed by atoms with Gasteiger partial charge in [-0.25, -0.2) is 4.98 Å². The number of aryl methyl sites for hydroxylation is 1. The predicted octanol–water partition coefficient (Wildman–Crippen LogP) is 4.07. The Bertz CT molecular complexity index is 610. The molecule has 0 bridgehead atoms. The van der Waals surface area contributed by atoms with Crippen LogP contribution in [0.3, 0.4) is 0 Å². The summed E-state index contributed by atoms with van der Waals surface area (Å²) in [5, 5.41) is 0. The smallest absolute Gasteiger partial charge is 0.201 e. The van der Waals surface area contributed by atoms with Crippen molar-refractivity contribution in [3.63, 3.8) is 0 Å². The molecule has 3 nitrogen and oxygen atoms in total. The molecule has 1 fully saturated rings. The van der Waals surface area contributed by atoms with E-state index in [2.05, 4.69) is 48.5 Å². The molecule has 0 aliphatic heterocycles. The maximum atomic E-state index is 6.19. The van der Waals surface area contributed by atoms with Gasteiger partial charge in [-0.15, -0.1) is 0 Å². The normalized spacial score (nSPS) is 22.8. The minimum absolute atomic E-state index is 0.411. The van der Waals surface area contributed by atoms with Crippen LogP contribution in [-0.2, 0) is 0 Å². The first-order valence-electron chi connectivity index (χ1n) is 7.21. The quantitative estimate of drug-likeness (QED) is 0.837. The molecule has 1 heterocycles. The SMILES string of the molecule is Cc1cccc2nc(N)n(C3CCCC(C)(C)C3)c12. The highest BCUT2D eigenvalue weighted by Gasteiger charge is 2.30. The first kappa shape index (κ1) is 12.5. The number of rotatable bonds is 1. The predicted molar refractivity (Wildman–Crippen MR) is 80.2 cm³/mol. The monoisotopic (exact) mass is 257 g/mol. The Labute approximate surface area is 114 Å². The number of benzene rings is 1. The van der Waals surface area contributed by atoms with Gasteiger partial charge in [0.2, 0.25) is 5.95 Å². The van der Waals surface area contributed by atoms with E-state index in [1.165, 1.54) is 36.8 Å². The van der Waals surface area contributed by atoms with Gasteiger partial charge in [-0.05, 0) is 43.2 Å². The molecular weight excluding hydrogens is 234 g/mol. The van der Waals surface area contributed by atoms with E-state index < -0.39 is 0 Å². The molecule has 1 aromatic carbocycles. The van der Waals surface area contributed by atoms with Crippen molar-refractivity contribution in [2.45, 2.75) is 52.5 Å². The van der Waals surface area contributed by atoms with Crippen molar-refractivity contribution in [1.29, 1.82) is 0 Å². The molecule has 1 aliphatic carbocycles. The zero-order valence-corrected chi connectivity index (χ0v) is 12.1. The average molecular weight is 257 g/mol. The molecule has 0 saturated heterocycles. The summed E-state index contributed by atoms with van der Waals surface area (Å²) < 4.78 is 2.28. The molecule has 0 amide bonds. The Morgan fingerprint density at radius 3 is 2.89 bits per heavy atom. The first-order valence-corrected chi connectivity index (χ1v) is 7.21. The molecule has 0 spiro atoms. The number of anilines is 1. The number of nitrogen functional groups attached to an aromatic ring is 1. The number of nitrogens with two attached hydrogens (primary N) is 1. The average Bonchev–Trinajstić information content (AvgIpc) is 2.65. The minimum Gasteiger partial charge on any atom is -0.369 e. The van der Waals surface area contributed by atoms with Crippen LogP contribution < -0.4 is 5.73 Å². The van der Waals surface area contributed by atoms with Crippen LogP contribution in [0.1, 0.15) is 51.1 Å². The number of fused-ring (bicyclic) bond motifs is 1. The molecule has 102 valence electrons. The van der Waals surface area contributed by atoms with Gasteiger partial charge in [-0.2, -0.15) is 0 Å². The Kier molecular flexibility index (Phi) is 2.80. The van der Waals surface area contributed by atoms with Gasteiger partial charge in [0, 0.05) is 6.04 Å². The molecule has 3 heteroatoms. The topological polar surface area (TPSA) is 43.8 Å². The van der Waals surface area contributed by atoms with Crippen LogP contribution in [0, 0.1) is 12.3 Å². The number of aromatic nitrogens is 2. The summed E-state index contributed by atoms with van der Waals surface area (Å²) in [5.74, 6) is 0.673. The maximum absolute atomic E-state index is 6.19. The second kappa shape index (κ2) is 4.26. The summed E-state index contributed by atoms with van der Waals surface area (Å²) >= 11 is 0. The first-order chi connectivity index (χ1) is 8.98. The van der Waals surface area contributed by atoms with Gasteiger partial charge in [0.15, 0.2) is 0 Å². The van der Waals surface area contributed by atoms with Crippen LogP contribution in [-0.4, -0.2) is 9.55 Å². The second-order valence-electron chi connectivity index (χ2n) is 6.70. The summed E-state index contributed by atoms with van der Waals surface area (Å²) in [5.41, 5.74) is 10.1. The Morgan fingerprint density at radius 1 is 1.37 bits per heavy atom. The van der Waals surface area contributed by atoms with E-state index in [0.717, 1.165) is 5.52 Å². The zero-order valence-electron chi connectivity index (χ0n) is 12.1. The van der Waals surface area contributed by atoms with Crippen LogP contribution in [0.5, 0.6) is 0 Å². The third kappa shape index (κ3) is 2.11. The number of imidazole rings is 1. The molecule has 1 aliphatic rings. The maximum Gasteiger partial charge on any atom is 0.201 e. The van der Waals surface area contributed by atoms with Crippen molar-refractivity contribution in [2.75, 3.05) is 5.73 Å². The van der Waals surface area contributed by atoms with Crippen molar-refractivity contribution in [3.05, 3.63) is 23.8 Å². The number of nitrogens with zero attached hydrogens (tertiary/aromatic N) is 2. The Morgan fingerprint density at radius 2 is 2.16 bits per heavy atom. The van der Waals surface area contributed by atoms with Crippen molar-refractivity contribution >= 4 is 17.0 Å². The van der Waals surface area contributed by atoms with Gasteiger partial charge >= 0.3 is 0 Å². The van der Waals surface area contributed by atoms with E-state index in [1.54, 1.807) is 0 Å². The van der Waals surface area contributed by atoms with Crippen molar-refractivity contribution in [3.8, 4) is 0 Å². The number of hydrogen-bond donors (Lipinski definition) is 1. The lowest BCUT2D eigenvalue weighted by molar-refractivity contribution is 0.187. The van der Waals surface area contributed by atoms with Gasteiger partial charge in [0.25, 0.3) is 0 Å². The van der Waals surface area contributed by atoms with E-state index in [0.29, 0.717) is 17.4 Å². The largest absolute Gasteiger partial charge is 0.369 e. The van der Waals surface area contributed by atoms with Crippen molar-refractivity contribution in [1.82, 2.24) is 9.55 Å². The second-order valence-corrected chi connectivity index (χ2v) is 6.70. The highest BCUT2D eigenvalue weighted by molar-refractivity contribution is 5.81. The van der Waals surface area contributed by atoms with Gasteiger partial charge in [-0.3, -0.25) is 0 Å². The van der Waals surface area contributed by atoms with E-state index in [4.69, 9.17) is 5.73 Å². The van der Waals surface area contributed by atoms with Crippen LogP contribution in [0.15, 0.2) is 18.2 Å². The molecule has 1 aromatic heterocycles. The molecule has 1 saturated carbocycles. The van der Waals surface area contributed by atoms with E-state index in [9.17, 15) is 0 Å². The van der Waals surface area contributed by atoms with E-state index >= 15 is 0 Å². The van der Waals surface area contributed by atoms with Crippen LogP contribution in [0.4, 0.5) is 5.95 Å². The number of hydrogen-bond acceptors (Lipinski definition) is 2. The third-order valence-electron chi connectivity index (χ3n) is 4.48. The van der Waals surface area contributed by atoms with E-state index in [-0.39, 0.29) is 0 Å². The minimum atomic E-state index is 0.411. The summed E-state index contributed by atoms with van der Waals surface area (Å²) in [6.45, 7) is 6.87. The standard InChI is InChI=1S/C16H23N3/c1-11-6-4-8-13-14(11)19(15(17)18-13)12-7-5-9-16(2,3)10-12/h4,6,8,12H,5,7,9-10H2,1-3H3,(H2,17,18). The molecule has 1 atom stereocenters. The summed E-state index contributed by atoms with van der Waals surface area (Å²) in [6, 6.07) is 6.76. The Hall–Kier alpha value is -1.51. The Balaban J connectivity index is 2.12. The van der Waals surface area contributed by atoms with Crippen molar-refractivity contribution in [2.24, 2.45) is 5.41 Å². The van der Waals surface area contributed by atoms with Crippen molar-refractivity contribution < 1.29 is 0 Å².